The first kappa shape index (κ1) is 9.85. The SMILES string of the molecule is c1cc(-n2cnnn2)ccc1Oc1cnsn1. The summed E-state index contributed by atoms with van der Waals surface area (Å²) in [4.78, 5) is 0. The molecule has 0 saturated carbocycles. The Bertz CT molecular complexity index is 577. The number of tetrazole rings is 1. The largest absolute Gasteiger partial charge is 0.437 e. The van der Waals surface area contributed by atoms with Gasteiger partial charge in [0.05, 0.1) is 17.4 Å². The summed E-state index contributed by atoms with van der Waals surface area (Å²) in [5, 5.41) is 10.9. The lowest BCUT2D eigenvalue weighted by Crippen LogP contribution is -1.94. The second-order valence-corrected chi connectivity index (χ2v) is 3.65. The molecule has 7 nitrogen and oxygen atoms in total. The van der Waals surface area contributed by atoms with Gasteiger partial charge in [0.25, 0.3) is 5.88 Å². The Balaban J connectivity index is 1.81. The number of hydrogen-bond donors (Lipinski definition) is 0. The predicted octanol–water partition coefficient (Wildman–Crippen LogP) is 1.31. The standard InChI is InChI=1S/C9H6N6OS/c1-3-8(16-9-5-11-17-12-9)4-2-7(1)15-6-10-13-14-15/h1-6H. The van der Waals surface area contributed by atoms with Gasteiger partial charge >= 0.3 is 0 Å². The van der Waals surface area contributed by atoms with Crippen LogP contribution >= 0.6 is 11.7 Å². The first-order valence-electron chi connectivity index (χ1n) is 4.71. The molecule has 0 radical (unpaired) electrons. The van der Waals surface area contributed by atoms with Crippen molar-refractivity contribution < 1.29 is 4.74 Å². The quantitative estimate of drug-likeness (QED) is 0.693. The van der Waals surface area contributed by atoms with E-state index in [0.29, 0.717) is 11.6 Å². The molecule has 17 heavy (non-hydrogen) atoms. The number of nitrogens with zero attached hydrogens (tertiary/aromatic N) is 6. The van der Waals surface area contributed by atoms with Gasteiger partial charge in [-0.1, -0.05) is 0 Å². The molecule has 0 aliphatic heterocycles. The van der Waals surface area contributed by atoms with Crippen LogP contribution in [0.25, 0.3) is 5.69 Å². The molecule has 0 bridgehead atoms. The van der Waals surface area contributed by atoms with Gasteiger partial charge in [-0.3, -0.25) is 0 Å². The Kier molecular flexibility index (Phi) is 2.47. The normalized spacial score (nSPS) is 10.4. The Morgan fingerprint density at radius 2 is 2.06 bits per heavy atom. The number of ether oxygens (including phenoxy) is 1. The van der Waals surface area contributed by atoms with E-state index in [1.54, 1.807) is 10.9 Å². The van der Waals surface area contributed by atoms with Gasteiger partial charge in [-0.05, 0) is 34.7 Å². The molecule has 2 heterocycles. The van der Waals surface area contributed by atoms with E-state index in [1.807, 2.05) is 24.3 Å². The van der Waals surface area contributed by atoms with Crippen molar-refractivity contribution >= 4 is 11.7 Å². The van der Waals surface area contributed by atoms with Crippen LogP contribution in [0.15, 0.2) is 36.8 Å². The van der Waals surface area contributed by atoms with Crippen LogP contribution in [0.5, 0.6) is 11.6 Å². The van der Waals surface area contributed by atoms with E-state index >= 15 is 0 Å². The average molecular weight is 246 g/mol. The fourth-order valence-electron chi connectivity index (χ4n) is 1.27. The van der Waals surface area contributed by atoms with Gasteiger partial charge in [0.15, 0.2) is 0 Å². The molecule has 0 atom stereocenters. The molecule has 0 unspecified atom stereocenters. The molecule has 0 N–H and O–H groups in total. The fourth-order valence-corrected chi connectivity index (χ4v) is 1.62. The lowest BCUT2D eigenvalue weighted by Gasteiger charge is -2.02. The minimum Gasteiger partial charge on any atom is -0.437 e. The fraction of sp³-hybridized carbons (Fsp3) is 0. The van der Waals surface area contributed by atoms with Crippen LogP contribution in [0, 0.1) is 0 Å². The molecular formula is C9H6N6OS. The van der Waals surface area contributed by atoms with E-state index in [-0.39, 0.29) is 0 Å². The summed E-state index contributed by atoms with van der Waals surface area (Å²) in [6, 6.07) is 7.34. The van der Waals surface area contributed by atoms with Crippen molar-refractivity contribution in [1.29, 1.82) is 0 Å². The summed E-state index contributed by atoms with van der Waals surface area (Å²) < 4.78 is 14.8. The molecule has 0 spiro atoms. The summed E-state index contributed by atoms with van der Waals surface area (Å²) in [6.45, 7) is 0. The Labute approximate surface area is 100 Å². The van der Waals surface area contributed by atoms with Crippen molar-refractivity contribution in [2.24, 2.45) is 0 Å². The van der Waals surface area contributed by atoms with E-state index in [4.69, 9.17) is 4.74 Å². The molecule has 84 valence electrons. The van der Waals surface area contributed by atoms with Crippen molar-refractivity contribution in [3.05, 3.63) is 36.8 Å². The number of rotatable bonds is 3. The summed E-state index contributed by atoms with van der Waals surface area (Å²) in [5.41, 5.74) is 0.860. The van der Waals surface area contributed by atoms with Crippen LogP contribution in [-0.2, 0) is 0 Å². The molecule has 0 saturated heterocycles. The average Bonchev–Trinajstić information content (AvgIpc) is 3.01. The van der Waals surface area contributed by atoms with E-state index < -0.39 is 0 Å². The second-order valence-electron chi connectivity index (χ2n) is 3.10. The van der Waals surface area contributed by atoms with E-state index in [1.165, 1.54) is 6.33 Å². The molecule has 0 aliphatic rings. The van der Waals surface area contributed by atoms with Gasteiger partial charge in [0.1, 0.15) is 18.3 Å². The molecule has 1 aromatic carbocycles. The third-order valence-corrected chi connectivity index (χ3v) is 2.48. The minimum absolute atomic E-state index is 0.491. The lowest BCUT2D eigenvalue weighted by molar-refractivity contribution is 0.467. The Hall–Kier alpha value is -2.35. The second kappa shape index (κ2) is 4.26. The van der Waals surface area contributed by atoms with Crippen LogP contribution in [-0.4, -0.2) is 29.0 Å². The Morgan fingerprint density at radius 1 is 1.18 bits per heavy atom. The molecule has 0 amide bonds. The maximum absolute atomic E-state index is 5.47. The zero-order chi connectivity index (χ0) is 11.5. The van der Waals surface area contributed by atoms with Gasteiger partial charge in [0.2, 0.25) is 0 Å². The first-order valence-corrected chi connectivity index (χ1v) is 5.44. The van der Waals surface area contributed by atoms with Gasteiger partial charge in [-0.25, -0.2) is 4.68 Å². The van der Waals surface area contributed by atoms with Crippen molar-refractivity contribution in [2.45, 2.75) is 0 Å². The number of aromatic nitrogens is 6. The monoisotopic (exact) mass is 246 g/mol. The van der Waals surface area contributed by atoms with Crippen molar-refractivity contribution in [1.82, 2.24) is 29.0 Å². The maximum atomic E-state index is 5.47. The zero-order valence-corrected chi connectivity index (χ0v) is 9.28. The van der Waals surface area contributed by atoms with Gasteiger partial charge < -0.3 is 4.74 Å². The molecule has 8 heteroatoms. The van der Waals surface area contributed by atoms with Crippen LogP contribution in [0.1, 0.15) is 0 Å². The summed E-state index contributed by atoms with van der Waals surface area (Å²) in [6.07, 6.45) is 3.10. The predicted molar refractivity (Wildman–Crippen MR) is 59.1 cm³/mol. The van der Waals surface area contributed by atoms with Crippen molar-refractivity contribution in [3.63, 3.8) is 0 Å². The van der Waals surface area contributed by atoms with E-state index in [2.05, 4.69) is 24.3 Å². The summed E-state index contributed by atoms with van der Waals surface area (Å²) in [5.74, 6) is 1.18. The molecule has 0 fully saturated rings. The maximum Gasteiger partial charge on any atom is 0.251 e. The molecule has 0 aliphatic carbocycles. The third-order valence-electron chi connectivity index (χ3n) is 2.01. The number of hydrogen-bond acceptors (Lipinski definition) is 7. The molecule has 3 rings (SSSR count). The first-order chi connectivity index (χ1) is 8.42. The molecule has 2 aromatic heterocycles. The highest BCUT2D eigenvalue weighted by Crippen LogP contribution is 2.20. The lowest BCUT2D eigenvalue weighted by atomic mass is 10.3. The van der Waals surface area contributed by atoms with Crippen LogP contribution < -0.4 is 4.74 Å². The molecule has 3 aromatic rings. The zero-order valence-electron chi connectivity index (χ0n) is 8.46. The van der Waals surface area contributed by atoms with Crippen LogP contribution in [0.2, 0.25) is 0 Å². The minimum atomic E-state index is 0.491. The van der Waals surface area contributed by atoms with E-state index in [0.717, 1.165) is 17.4 Å². The van der Waals surface area contributed by atoms with Gasteiger partial charge in [0, 0.05) is 0 Å². The van der Waals surface area contributed by atoms with Crippen LogP contribution in [0.3, 0.4) is 0 Å². The van der Waals surface area contributed by atoms with Gasteiger partial charge in [-0.15, -0.1) is 9.47 Å². The Morgan fingerprint density at radius 3 is 2.71 bits per heavy atom. The molecular weight excluding hydrogens is 240 g/mol. The highest BCUT2D eigenvalue weighted by atomic mass is 32.1. The third kappa shape index (κ3) is 2.11. The van der Waals surface area contributed by atoms with Crippen LogP contribution in [0.4, 0.5) is 0 Å². The highest BCUT2D eigenvalue weighted by Gasteiger charge is 2.01. The summed E-state index contributed by atoms with van der Waals surface area (Å²) >= 11 is 1.10. The van der Waals surface area contributed by atoms with Gasteiger partial charge in [-0.2, -0.15) is 4.37 Å². The topological polar surface area (TPSA) is 78.6 Å². The number of benzene rings is 1. The van der Waals surface area contributed by atoms with Crippen molar-refractivity contribution in [3.8, 4) is 17.3 Å². The highest BCUT2D eigenvalue weighted by molar-refractivity contribution is 6.99. The van der Waals surface area contributed by atoms with Crippen molar-refractivity contribution in [2.75, 3.05) is 0 Å². The van der Waals surface area contributed by atoms with E-state index in [9.17, 15) is 0 Å². The summed E-state index contributed by atoms with van der Waals surface area (Å²) in [7, 11) is 0. The smallest absolute Gasteiger partial charge is 0.251 e.